The maximum absolute atomic E-state index is 11.4. The van der Waals surface area contributed by atoms with E-state index in [4.69, 9.17) is 0 Å². The summed E-state index contributed by atoms with van der Waals surface area (Å²) < 4.78 is 1.97. The van der Waals surface area contributed by atoms with E-state index in [2.05, 4.69) is 97.4 Å². The van der Waals surface area contributed by atoms with Gasteiger partial charge in [-0.15, -0.1) is 5.10 Å². The molecule has 3 aromatic rings. The van der Waals surface area contributed by atoms with Crippen molar-refractivity contribution in [1.29, 1.82) is 0 Å². The Balaban J connectivity index is 1.59. The predicted molar refractivity (Wildman–Crippen MR) is 151 cm³/mol. The third-order valence-corrected chi connectivity index (χ3v) is 7.43. The summed E-state index contributed by atoms with van der Waals surface area (Å²) in [5.41, 5.74) is 11.4. The number of nitrogens with zero attached hydrogens (tertiary/aromatic N) is 5. The third kappa shape index (κ3) is 5.97. The van der Waals surface area contributed by atoms with Crippen LogP contribution in [0.1, 0.15) is 70.8 Å². The Morgan fingerprint density at radius 1 is 0.892 bits per heavy atom. The summed E-state index contributed by atoms with van der Waals surface area (Å²) in [6, 6.07) is 9.23. The first-order chi connectivity index (χ1) is 17.7. The highest BCUT2D eigenvalue weighted by molar-refractivity contribution is 5.75. The highest BCUT2D eigenvalue weighted by Crippen LogP contribution is 2.40. The molecule has 1 saturated heterocycles. The zero-order valence-electron chi connectivity index (χ0n) is 23.6. The van der Waals surface area contributed by atoms with Gasteiger partial charge in [0.1, 0.15) is 5.69 Å². The molecule has 1 aliphatic rings. The minimum Gasteiger partial charge on any atom is -0.359 e. The number of nitrogens with one attached hydrogen (secondary N) is 1. The highest BCUT2D eigenvalue weighted by Gasteiger charge is 2.36. The number of hydrogen-bond donors (Lipinski definition) is 1. The third-order valence-electron chi connectivity index (χ3n) is 7.43. The summed E-state index contributed by atoms with van der Waals surface area (Å²) in [6.07, 6.45) is 5.58. The second kappa shape index (κ2) is 11.4. The molecule has 7 heteroatoms. The van der Waals surface area contributed by atoms with Gasteiger partial charge in [-0.2, -0.15) is 0 Å². The topological polar surface area (TPSA) is 66.3 Å². The molecule has 1 N–H and O–H groups in total. The van der Waals surface area contributed by atoms with Gasteiger partial charge >= 0.3 is 0 Å². The smallest absolute Gasteiger partial charge is 0.219 e. The average Bonchev–Trinajstić information content (AvgIpc) is 3.45. The van der Waals surface area contributed by atoms with Crippen LogP contribution in [0.15, 0.2) is 30.5 Å². The van der Waals surface area contributed by atoms with Crippen molar-refractivity contribution in [3.8, 4) is 0 Å². The zero-order chi connectivity index (χ0) is 26.7. The summed E-state index contributed by atoms with van der Waals surface area (Å²) in [7, 11) is 1.69. The van der Waals surface area contributed by atoms with Gasteiger partial charge in [-0.1, -0.05) is 47.0 Å². The summed E-state index contributed by atoms with van der Waals surface area (Å²) >= 11 is 0. The Hall–Kier alpha value is -3.35. The normalized spacial score (nSPS) is 15.5. The Bertz CT molecular complexity index is 1220. The molecular weight excluding hydrogens is 460 g/mol. The lowest BCUT2D eigenvalue weighted by atomic mass is 10.0. The molecule has 1 atom stereocenters. The SMILES string of the molecule is CNC(=O)CCCCCn1cc(C2CN(c3c(C)cc(C)cc3C)CN2c2c(C)cc(C)cc2C)nn1. The molecule has 1 amide bonds. The fourth-order valence-corrected chi connectivity index (χ4v) is 6.02. The van der Waals surface area contributed by atoms with E-state index in [0.29, 0.717) is 6.42 Å². The Kier molecular flexibility index (Phi) is 8.20. The molecule has 1 fully saturated rings. The van der Waals surface area contributed by atoms with Gasteiger partial charge in [-0.25, -0.2) is 0 Å². The van der Waals surface area contributed by atoms with E-state index >= 15 is 0 Å². The average molecular weight is 503 g/mol. The number of aryl methyl sites for hydroxylation is 7. The van der Waals surface area contributed by atoms with Crippen molar-refractivity contribution >= 4 is 17.3 Å². The van der Waals surface area contributed by atoms with E-state index in [0.717, 1.165) is 44.7 Å². The first kappa shape index (κ1) is 26.7. The Labute approximate surface area is 221 Å². The van der Waals surface area contributed by atoms with Crippen LogP contribution in [0.4, 0.5) is 11.4 Å². The number of anilines is 2. The first-order valence-corrected chi connectivity index (χ1v) is 13.5. The van der Waals surface area contributed by atoms with Gasteiger partial charge in [-0.3, -0.25) is 9.48 Å². The summed E-state index contributed by atoms with van der Waals surface area (Å²) in [5, 5.41) is 11.8. The van der Waals surface area contributed by atoms with Crippen LogP contribution >= 0.6 is 0 Å². The van der Waals surface area contributed by atoms with Gasteiger partial charge in [-0.05, 0) is 76.6 Å². The monoisotopic (exact) mass is 502 g/mol. The van der Waals surface area contributed by atoms with E-state index < -0.39 is 0 Å². The van der Waals surface area contributed by atoms with Crippen LogP contribution in [0.25, 0.3) is 0 Å². The van der Waals surface area contributed by atoms with Crippen LogP contribution in [0.5, 0.6) is 0 Å². The van der Waals surface area contributed by atoms with Gasteiger partial charge in [0, 0.05) is 37.9 Å². The lowest BCUT2D eigenvalue weighted by Gasteiger charge is -2.28. The number of amides is 1. The molecule has 0 bridgehead atoms. The van der Waals surface area contributed by atoms with Crippen molar-refractivity contribution in [2.24, 2.45) is 0 Å². The molecule has 198 valence electrons. The van der Waals surface area contributed by atoms with Crippen LogP contribution in [-0.4, -0.2) is 41.2 Å². The minimum atomic E-state index is 0.106. The molecule has 0 aliphatic carbocycles. The predicted octanol–water partition coefficient (Wildman–Crippen LogP) is 5.46. The fraction of sp³-hybridized carbons (Fsp3) is 0.500. The molecule has 2 aromatic carbocycles. The quantitative estimate of drug-likeness (QED) is 0.394. The molecule has 2 heterocycles. The van der Waals surface area contributed by atoms with Crippen molar-refractivity contribution in [2.75, 3.05) is 30.1 Å². The molecule has 37 heavy (non-hydrogen) atoms. The lowest BCUT2D eigenvalue weighted by molar-refractivity contribution is -0.120. The van der Waals surface area contributed by atoms with Crippen molar-refractivity contribution < 1.29 is 4.79 Å². The van der Waals surface area contributed by atoms with E-state index in [1.807, 2.05) is 4.68 Å². The van der Waals surface area contributed by atoms with Crippen molar-refractivity contribution in [3.63, 3.8) is 0 Å². The summed E-state index contributed by atoms with van der Waals surface area (Å²) in [5.74, 6) is 0.106. The number of carbonyl (C=O) groups is 1. The van der Waals surface area contributed by atoms with Crippen molar-refractivity contribution in [3.05, 3.63) is 69.5 Å². The standard InChI is InChI=1S/C30H42N6O/c1-20-13-22(3)29(23(4)14-20)34-18-27(36(19-34)30-24(5)15-21(2)16-25(30)6)26-17-35(33-32-26)12-10-8-9-11-28(37)31-7/h13-17,27H,8-12,18-19H2,1-7H3,(H,31,37). The molecule has 0 spiro atoms. The zero-order valence-corrected chi connectivity index (χ0v) is 23.6. The molecule has 1 aromatic heterocycles. The molecule has 1 unspecified atom stereocenters. The second-order valence-corrected chi connectivity index (χ2v) is 10.7. The van der Waals surface area contributed by atoms with Crippen LogP contribution in [0, 0.1) is 41.5 Å². The van der Waals surface area contributed by atoms with Crippen LogP contribution < -0.4 is 15.1 Å². The second-order valence-electron chi connectivity index (χ2n) is 10.7. The van der Waals surface area contributed by atoms with E-state index in [1.54, 1.807) is 7.05 Å². The van der Waals surface area contributed by atoms with E-state index in [9.17, 15) is 4.79 Å². The van der Waals surface area contributed by atoms with Crippen LogP contribution in [0.3, 0.4) is 0 Å². The lowest BCUT2D eigenvalue weighted by Crippen LogP contribution is -2.28. The molecule has 1 aliphatic heterocycles. The van der Waals surface area contributed by atoms with Crippen LogP contribution in [-0.2, 0) is 11.3 Å². The van der Waals surface area contributed by atoms with Crippen molar-refractivity contribution in [1.82, 2.24) is 20.3 Å². The number of unbranched alkanes of at least 4 members (excludes halogenated alkanes) is 2. The van der Waals surface area contributed by atoms with Gasteiger partial charge in [0.15, 0.2) is 0 Å². The number of benzene rings is 2. The summed E-state index contributed by atoms with van der Waals surface area (Å²) in [4.78, 5) is 16.5. The molecule has 0 saturated carbocycles. The highest BCUT2D eigenvalue weighted by atomic mass is 16.1. The largest absolute Gasteiger partial charge is 0.359 e. The Morgan fingerprint density at radius 3 is 2.08 bits per heavy atom. The number of carbonyl (C=O) groups excluding carboxylic acids is 1. The molecule has 0 radical (unpaired) electrons. The first-order valence-electron chi connectivity index (χ1n) is 13.5. The van der Waals surface area contributed by atoms with Gasteiger partial charge in [0.2, 0.25) is 5.91 Å². The van der Waals surface area contributed by atoms with E-state index in [1.165, 1.54) is 44.8 Å². The minimum absolute atomic E-state index is 0.106. The number of rotatable bonds is 9. The molecular formula is C30H42N6O. The molecule has 4 rings (SSSR count). The number of aromatic nitrogens is 3. The maximum Gasteiger partial charge on any atom is 0.219 e. The fourth-order valence-electron chi connectivity index (χ4n) is 6.02. The van der Waals surface area contributed by atoms with Gasteiger partial charge in [0.25, 0.3) is 0 Å². The molecule has 7 nitrogen and oxygen atoms in total. The van der Waals surface area contributed by atoms with Gasteiger partial charge < -0.3 is 15.1 Å². The number of hydrogen-bond acceptors (Lipinski definition) is 5. The maximum atomic E-state index is 11.4. The van der Waals surface area contributed by atoms with Crippen molar-refractivity contribution in [2.45, 2.75) is 79.8 Å². The summed E-state index contributed by atoms with van der Waals surface area (Å²) in [6.45, 7) is 15.7. The Morgan fingerprint density at radius 2 is 1.49 bits per heavy atom. The van der Waals surface area contributed by atoms with E-state index in [-0.39, 0.29) is 11.9 Å². The van der Waals surface area contributed by atoms with Gasteiger partial charge in [0.05, 0.1) is 18.9 Å². The van der Waals surface area contributed by atoms with Crippen LogP contribution in [0.2, 0.25) is 0 Å².